The van der Waals surface area contributed by atoms with Crippen LogP contribution >= 0.6 is 11.8 Å². The third kappa shape index (κ3) is 2.17. The second kappa shape index (κ2) is 5.07. The van der Waals surface area contributed by atoms with Gasteiger partial charge in [-0.25, -0.2) is 4.98 Å². The SMILES string of the molecule is CC1=C(c2ccccc2)N2C(=NC[C@@H]2Cc2cnc[nH]2)S1. The van der Waals surface area contributed by atoms with Crippen LogP contribution in [-0.2, 0) is 6.42 Å². The van der Waals surface area contributed by atoms with E-state index in [9.17, 15) is 0 Å². The molecular weight excluding hydrogens is 280 g/mol. The van der Waals surface area contributed by atoms with Crippen molar-refractivity contribution in [2.75, 3.05) is 6.54 Å². The standard InChI is InChI=1S/C16H16N4S/c1-11-15(12-5-3-2-4-6-12)20-14(9-18-16(20)21-11)7-13-8-17-10-19-13/h2-6,8,10,14H,7,9H2,1H3,(H,17,19)/t14-/m0/s1. The minimum absolute atomic E-state index is 0.376. The first-order chi connectivity index (χ1) is 10.3. The van der Waals surface area contributed by atoms with Crippen LogP contribution in [0.4, 0.5) is 0 Å². The third-order valence-electron chi connectivity index (χ3n) is 3.88. The molecule has 4 nitrogen and oxygen atoms in total. The van der Waals surface area contributed by atoms with Gasteiger partial charge in [-0.1, -0.05) is 42.1 Å². The fraction of sp³-hybridized carbons (Fsp3) is 0.250. The van der Waals surface area contributed by atoms with Gasteiger partial charge >= 0.3 is 0 Å². The highest BCUT2D eigenvalue weighted by molar-refractivity contribution is 8.17. The second-order valence-corrected chi connectivity index (χ2v) is 6.48. The molecule has 0 amide bonds. The molecule has 0 saturated heterocycles. The molecule has 0 spiro atoms. The van der Waals surface area contributed by atoms with Gasteiger partial charge in [0.15, 0.2) is 5.17 Å². The molecule has 0 aliphatic carbocycles. The molecule has 2 aliphatic heterocycles. The number of aromatic amines is 1. The zero-order valence-electron chi connectivity index (χ0n) is 11.8. The van der Waals surface area contributed by atoms with E-state index < -0.39 is 0 Å². The first-order valence-electron chi connectivity index (χ1n) is 7.08. The van der Waals surface area contributed by atoms with Gasteiger partial charge in [0.1, 0.15) is 0 Å². The van der Waals surface area contributed by atoms with Crippen LogP contribution in [0.1, 0.15) is 18.2 Å². The first kappa shape index (κ1) is 12.7. The minimum Gasteiger partial charge on any atom is -0.348 e. The van der Waals surface area contributed by atoms with E-state index >= 15 is 0 Å². The number of benzene rings is 1. The Morgan fingerprint density at radius 1 is 1.33 bits per heavy atom. The second-order valence-electron chi connectivity index (χ2n) is 5.30. The number of hydrogen-bond donors (Lipinski definition) is 1. The van der Waals surface area contributed by atoms with Gasteiger partial charge in [0.25, 0.3) is 0 Å². The zero-order chi connectivity index (χ0) is 14.2. The Morgan fingerprint density at radius 2 is 2.19 bits per heavy atom. The summed E-state index contributed by atoms with van der Waals surface area (Å²) in [7, 11) is 0. The first-order valence-corrected chi connectivity index (χ1v) is 7.89. The third-order valence-corrected chi connectivity index (χ3v) is 4.89. The van der Waals surface area contributed by atoms with Crippen LogP contribution < -0.4 is 0 Å². The molecule has 0 fully saturated rings. The monoisotopic (exact) mass is 296 g/mol. The van der Waals surface area contributed by atoms with Crippen molar-refractivity contribution in [3.63, 3.8) is 0 Å². The summed E-state index contributed by atoms with van der Waals surface area (Å²) in [4.78, 5) is 15.8. The molecule has 0 bridgehead atoms. The molecule has 1 atom stereocenters. The summed E-state index contributed by atoms with van der Waals surface area (Å²) in [6.45, 7) is 3.03. The molecular formula is C16H16N4S. The van der Waals surface area contributed by atoms with E-state index in [1.165, 1.54) is 21.9 Å². The van der Waals surface area contributed by atoms with Crippen molar-refractivity contribution in [1.82, 2.24) is 14.9 Å². The lowest BCUT2D eigenvalue weighted by Crippen LogP contribution is -2.33. The Hall–Kier alpha value is -2.01. The number of amidine groups is 1. The summed E-state index contributed by atoms with van der Waals surface area (Å²) in [5, 5.41) is 1.14. The number of nitrogens with zero attached hydrogens (tertiary/aromatic N) is 3. The van der Waals surface area contributed by atoms with Gasteiger partial charge in [0.05, 0.1) is 24.6 Å². The van der Waals surface area contributed by atoms with Crippen LogP contribution in [0.5, 0.6) is 0 Å². The van der Waals surface area contributed by atoms with Crippen LogP contribution in [0.2, 0.25) is 0 Å². The predicted molar refractivity (Wildman–Crippen MR) is 86.8 cm³/mol. The molecule has 1 aromatic heterocycles. The molecule has 0 saturated carbocycles. The van der Waals surface area contributed by atoms with Crippen molar-refractivity contribution < 1.29 is 0 Å². The van der Waals surface area contributed by atoms with E-state index in [-0.39, 0.29) is 0 Å². The molecule has 106 valence electrons. The number of H-pyrrole nitrogens is 1. The molecule has 3 heterocycles. The molecule has 0 unspecified atom stereocenters. The predicted octanol–water partition coefficient (Wildman–Crippen LogP) is 3.13. The van der Waals surface area contributed by atoms with Crippen molar-refractivity contribution in [2.24, 2.45) is 4.99 Å². The Labute approximate surface area is 128 Å². The number of rotatable bonds is 3. The largest absolute Gasteiger partial charge is 0.348 e. The smallest absolute Gasteiger partial charge is 0.168 e. The Kier molecular flexibility index (Phi) is 3.07. The van der Waals surface area contributed by atoms with E-state index in [0.717, 1.165) is 18.1 Å². The highest BCUT2D eigenvalue weighted by atomic mass is 32.2. The Balaban J connectivity index is 1.67. The maximum absolute atomic E-state index is 4.72. The maximum Gasteiger partial charge on any atom is 0.168 e. The van der Waals surface area contributed by atoms with Crippen LogP contribution in [0.3, 0.4) is 0 Å². The van der Waals surface area contributed by atoms with Gasteiger partial charge in [-0.2, -0.15) is 0 Å². The van der Waals surface area contributed by atoms with Crippen molar-refractivity contribution in [3.05, 3.63) is 59.0 Å². The minimum atomic E-state index is 0.376. The number of aliphatic imine (C=N–C) groups is 1. The van der Waals surface area contributed by atoms with Gasteiger partial charge in [-0.05, 0) is 12.5 Å². The van der Waals surface area contributed by atoms with Crippen molar-refractivity contribution in [1.29, 1.82) is 0 Å². The van der Waals surface area contributed by atoms with Gasteiger partial charge in [-0.15, -0.1) is 0 Å². The van der Waals surface area contributed by atoms with E-state index in [1.54, 1.807) is 18.1 Å². The highest BCUT2D eigenvalue weighted by Gasteiger charge is 2.37. The quantitative estimate of drug-likeness (QED) is 0.946. The summed E-state index contributed by atoms with van der Waals surface area (Å²) < 4.78 is 0. The van der Waals surface area contributed by atoms with E-state index in [2.05, 4.69) is 52.1 Å². The van der Waals surface area contributed by atoms with Crippen molar-refractivity contribution >= 4 is 22.6 Å². The lowest BCUT2D eigenvalue weighted by atomic mass is 10.1. The Morgan fingerprint density at radius 3 is 2.95 bits per heavy atom. The summed E-state index contributed by atoms with van der Waals surface area (Å²) >= 11 is 1.79. The summed E-state index contributed by atoms with van der Waals surface area (Å²) in [5.74, 6) is 0. The highest BCUT2D eigenvalue weighted by Crippen LogP contribution is 2.43. The Bertz CT molecular complexity index is 703. The number of aromatic nitrogens is 2. The van der Waals surface area contributed by atoms with Gasteiger partial charge in [0.2, 0.25) is 0 Å². The average Bonchev–Trinajstić information content (AvgIpc) is 3.19. The van der Waals surface area contributed by atoms with Crippen molar-refractivity contribution in [3.8, 4) is 0 Å². The fourth-order valence-electron chi connectivity index (χ4n) is 2.96. The summed E-state index contributed by atoms with van der Waals surface area (Å²) in [6.07, 6.45) is 4.58. The van der Waals surface area contributed by atoms with Gasteiger partial charge in [0, 0.05) is 23.2 Å². The van der Waals surface area contributed by atoms with Gasteiger partial charge < -0.3 is 9.88 Å². The van der Waals surface area contributed by atoms with E-state index in [0.29, 0.717) is 6.04 Å². The molecule has 2 aliphatic rings. The van der Waals surface area contributed by atoms with Crippen molar-refractivity contribution in [2.45, 2.75) is 19.4 Å². The number of nitrogens with one attached hydrogen (secondary N) is 1. The molecule has 21 heavy (non-hydrogen) atoms. The number of fused-ring (bicyclic) bond motifs is 1. The van der Waals surface area contributed by atoms with Crippen LogP contribution in [0.15, 0.2) is 52.8 Å². The van der Waals surface area contributed by atoms with E-state index in [1.807, 2.05) is 6.20 Å². The summed E-state index contributed by atoms with van der Waals surface area (Å²) in [5.41, 5.74) is 3.74. The molecule has 4 rings (SSSR count). The number of thioether (sulfide) groups is 1. The van der Waals surface area contributed by atoms with Gasteiger partial charge in [-0.3, -0.25) is 4.99 Å². The average molecular weight is 296 g/mol. The van der Waals surface area contributed by atoms with Crippen LogP contribution in [0.25, 0.3) is 5.70 Å². The summed E-state index contributed by atoms with van der Waals surface area (Å²) in [6, 6.07) is 11.0. The normalized spacial score (nSPS) is 20.9. The topological polar surface area (TPSA) is 44.3 Å². The molecule has 1 aromatic carbocycles. The number of hydrogen-bond acceptors (Lipinski definition) is 4. The van der Waals surface area contributed by atoms with E-state index in [4.69, 9.17) is 4.99 Å². The van der Waals surface area contributed by atoms with Crippen LogP contribution in [0, 0.1) is 0 Å². The fourth-order valence-corrected chi connectivity index (χ4v) is 4.02. The molecule has 1 N–H and O–H groups in total. The molecule has 2 aromatic rings. The lowest BCUT2D eigenvalue weighted by Gasteiger charge is -2.25. The molecule has 0 radical (unpaired) electrons. The number of imidazole rings is 1. The zero-order valence-corrected chi connectivity index (χ0v) is 12.6. The lowest BCUT2D eigenvalue weighted by molar-refractivity contribution is 0.458. The molecule has 5 heteroatoms. The number of allylic oxidation sites excluding steroid dienone is 1. The van der Waals surface area contributed by atoms with Crippen LogP contribution in [-0.4, -0.2) is 32.6 Å². The maximum atomic E-state index is 4.72.